The van der Waals surface area contributed by atoms with Gasteiger partial charge in [0.05, 0.1) is 18.8 Å². The van der Waals surface area contributed by atoms with Crippen molar-refractivity contribution in [2.45, 2.75) is 20.5 Å². The third-order valence-electron chi connectivity index (χ3n) is 4.85. The lowest BCUT2D eigenvalue weighted by atomic mass is 10.1. The predicted molar refractivity (Wildman–Crippen MR) is 146 cm³/mol. The van der Waals surface area contributed by atoms with Gasteiger partial charge in [-0.05, 0) is 106 Å². The quantitative estimate of drug-likeness (QED) is 0.186. The molecular weight excluding hydrogens is 640 g/mol. The van der Waals surface area contributed by atoms with Crippen LogP contribution in [0.5, 0.6) is 5.75 Å². The number of nitrogens with zero attached hydrogens (tertiary/aromatic N) is 2. The summed E-state index contributed by atoms with van der Waals surface area (Å²) < 4.78 is 7.68. The van der Waals surface area contributed by atoms with Crippen LogP contribution in [0.3, 0.4) is 0 Å². The number of rotatable bonds is 6. The molecule has 0 spiro atoms. The zero-order chi connectivity index (χ0) is 24.0. The molecule has 3 aromatic carbocycles. The second-order valence-corrected chi connectivity index (χ2v) is 9.64. The fourth-order valence-electron chi connectivity index (χ4n) is 3.08. The van der Waals surface area contributed by atoms with Gasteiger partial charge < -0.3 is 10.1 Å². The summed E-state index contributed by atoms with van der Waals surface area (Å²) in [6, 6.07) is 21.0. The summed E-state index contributed by atoms with van der Waals surface area (Å²) in [6.07, 6.45) is 1.57. The van der Waals surface area contributed by atoms with Gasteiger partial charge in [0.25, 0.3) is 5.91 Å². The van der Waals surface area contributed by atoms with Crippen LogP contribution in [0.15, 0.2) is 60.2 Å². The number of benzene rings is 3. The molecule has 0 saturated heterocycles. The van der Waals surface area contributed by atoms with Crippen LogP contribution >= 0.6 is 45.2 Å². The van der Waals surface area contributed by atoms with Gasteiger partial charge in [-0.2, -0.15) is 10.5 Å². The van der Waals surface area contributed by atoms with Gasteiger partial charge >= 0.3 is 0 Å². The summed E-state index contributed by atoms with van der Waals surface area (Å²) in [4.78, 5) is 12.7. The highest BCUT2D eigenvalue weighted by atomic mass is 127. The average molecular weight is 659 g/mol. The number of ether oxygens (including phenoxy) is 1. The molecule has 0 bridgehead atoms. The van der Waals surface area contributed by atoms with Crippen LogP contribution in [0, 0.1) is 43.7 Å². The molecule has 164 valence electrons. The highest BCUT2D eigenvalue weighted by molar-refractivity contribution is 14.1. The SMILES string of the molecule is Cc1ccc(C)c(NC(=O)/C(C#N)=C/c2cc(I)c(OCc3ccccc3C#N)c(I)c2)c1. The van der Waals surface area contributed by atoms with Crippen LogP contribution in [0.4, 0.5) is 5.69 Å². The average Bonchev–Trinajstić information content (AvgIpc) is 2.79. The highest BCUT2D eigenvalue weighted by Gasteiger charge is 2.14. The minimum absolute atomic E-state index is 0.0131. The molecule has 1 N–H and O–H groups in total. The fraction of sp³-hybridized carbons (Fsp3) is 0.115. The third kappa shape index (κ3) is 6.34. The Labute approximate surface area is 220 Å². The van der Waals surface area contributed by atoms with Gasteiger partial charge in [-0.1, -0.05) is 30.3 Å². The number of amides is 1. The molecule has 0 unspecified atom stereocenters. The van der Waals surface area contributed by atoms with Crippen molar-refractivity contribution in [1.82, 2.24) is 0 Å². The van der Waals surface area contributed by atoms with Gasteiger partial charge in [0.1, 0.15) is 24.0 Å². The van der Waals surface area contributed by atoms with Crippen LogP contribution in [-0.2, 0) is 11.4 Å². The molecule has 0 saturated carbocycles. The van der Waals surface area contributed by atoms with Gasteiger partial charge in [0.2, 0.25) is 0 Å². The molecule has 3 rings (SSSR count). The lowest BCUT2D eigenvalue weighted by molar-refractivity contribution is -0.112. The largest absolute Gasteiger partial charge is 0.487 e. The number of hydrogen-bond acceptors (Lipinski definition) is 4. The van der Waals surface area contributed by atoms with E-state index in [2.05, 4.69) is 56.6 Å². The number of nitriles is 2. The number of hydrogen-bond donors (Lipinski definition) is 1. The van der Waals surface area contributed by atoms with Crippen LogP contribution in [0.2, 0.25) is 0 Å². The highest BCUT2D eigenvalue weighted by Crippen LogP contribution is 2.31. The minimum Gasteiger partial charge on any atom is -0.487 e. The molecule has 7 heteroatoms. The van der Waals surface area contributed by atoms with Crippen molar-refractivity contribution in [3.05, 3.63) is 95.1 Å². The molecule has 3 aromatic rings. The predicted octanol–water partition coefficient (Wildman–Crippen LogP) is 6.51. The van der Waals surface area contributed by atoms with Crippen LogP contribution < -0.4 is 10.1 Å². The lowest BCUT2D eigenvalue weighted by Gasteiger charge is -2.13. The molecular formula is C26H19I2N3O2. The maximum absolute atomic E-state index is 12.7. The molecule has 0 aromatic heterocycles. The monoisotopic (exact) mass is 659 g/mol. The fourth-order valence-corrected chi connectivity index (χ4v) is 5.21. The van der Waals surface area contributed by atoms with Crippen molar-refractivity contribution in [3.8, 4) is 17.9 Å². The van der Waals surface area contributed by atoms with Gasteiger partial charge in [-0.3, -0.25) is 4.79 Å². The summed E-state index contributed by atoms with van der Waals surface area (Å²) in [6.45, 7) is 4.12. The summed E-state index contributed by atoms with van der Waals surface area (Å²) in [5.74, 6) is 0.240. The molecule has 0 atom stereocenters. The van der Waals surface area contributed by atoms with E-state index in [4.69, 9.17) is 4.74 Å². The summed E-state index contributed by atoms with van der Waals surface area (Å²) in [7, 11) is 0. The number of nitrogens with one attached hydrogen (secondary N) is 1. The van der Waals surface area contributed by atoms with E-state index in [9.17, 15) is 15.3 Å². The summed E-state index contributed by atoms with van der Waals surface area (Å²) >= 11 is 4.34. The van der Waals surface area contributed by atoms with Crippen molar-refractivity contribution in [1.29, 1.82) is 10.5 Å². The van der Waals surface area contributed by atoms with Crippen molar-refractivity contribution < 1.29 is 9.53 Å². The van der Waals surface area contributed by atoms with Crippen molar-refractivity contribution in [2.75, 3.05) is 5.32 Å². The zero-order valence-corrected chi connectivity index (χ0v) is 22.3. The Morgan fingerprint density at radius 3 is 2.42 bits per heavy atom. The van der Waals surface area contributed by atoms with E-state index >= 15 is 0 Å². The number of anilines is 1. The first kappa shape index (κ1) is 24.7. The smallest absolute Gasteiger partial charge is 0.266 e. The molecule has 0 fully saturated rings. The Morgan fingerprint density at radius 1 is 1.06 bits per heavy atom. The summed E-state index contributed by atoms with van der Waals surface area (Å²) in [5, 5.41) is 21.7. The van der Waals surface area contributed by atoms with Gasteiger partial charge in [0.15, 0.2) is 0 Å². The van der Waals surface area contributed by atoms with Crippen LogP contribution in [0.25, 0.3) is 6.08 Å². The molecule has 33 heavy (non-hydrogen) atoms. The van der Waals surface area contributed by atoms with Crippen LogP contribution in [0.1, 0.15) is 27.8 Å². The first-order valence-corrected chi connectivity index (χ1v) is 12.1. The van der Waals surface area contributed by atoms with E-state index in [-0.39, 0.29) is 12.2 Å². The van der Waals surface area contributed by atoms with E-state index in [1.165, 1.54) is 0 Å². The molecule has 1 amide bonds. The van der Waals surface area contributed by atoms with E-state index in [0.717, 1.165) is 29.4 Å². The number of carbonyl (C=O) groups is 1. The lowest BCUT2D eigenvalue weighted by Crippen LogP contribution is -2.14. The number of carbonyl (C=O) groups excluding carboxylic acids is 1. The topological polar surface area (TPSA) is 85.9 Å². The van der Waals surface area contributed by atoms with Crippen molar-refractivity contribution >= 4 is 62.9 Å². The van der Waals surface area contributed by atoms with Gasteiger partial charge in [0, 0.05) is 11.3 Å². The van der Waals surface area contributed by atoms with Crippen LogP contribution in [-0.4, -0.2) is 5.91 Å². The number of aryl methyl sites for hydroxylation is 2. The minimum atomic E-state index is -0.454. The van der Waals surface area contributed by atoms with E-state index < -0.39 is 5.91 Å². The number of halogens is 2. The molecule has 0 heterocycles. The van der Waals surface area contributed by atoms with Gasteiger partial charge in [-0.15, -0.1) is 0 Å². The Morgan fingerprint density at radius 2 is 1.76 bits per heavy atom. The Bertz CT molecular complexity index is 1310. The van der Waals surface area contributed by atoms with Gasteiger partial charge in [-0.25, -0.2) is 0 Å². The zero-order valence-electron chi connectivity index (χ0n) is 17.9. The molecule has 5 nitrogen and oxygen atoms in total. The summed E-state index contributed by atoms with van der Waals surface area (Å²) in [5.41, 5.74) is 4.76. The third-order valence-corrected chi connectivity index (χ3v) is 6.45. The first-order valence-electron chi connectivity index (χ1n) is 9.92. The van der Waals surface area contributed by atoms with Crippen molar-refractivity contribution in [2.24, 2.45) is 0 Å². The molecule has 0 radical (unpaired) electrons. The first-order chi connectivity index (χ1) is 15.8. The Balaban J connectivity index is 1.81. The van der Waals surface area contributed by atoms with E-state index in [1.54, 1.807) is 12.1 Å². The Kier molecular flexibility index (Phi) is 8.48. The normalized spacial score (nSPS) is 10.8. The molecule has 0 aliphatic rings. The van der Waals surface area contributed by atoms with E-state index in [0.29, 0.717) is 17.0 Å². The maximum Gasteiger partial charge on any atom is 0.266 e. The maximum atomic E-state index is 12.7. The second-order valence-electron chi connectivity index (χ2n) is 7.31. The standard InChI is InChI=1S/C26H19I2N3O2/c1-16-7-8-17(2)24(9-16)31-26(32)21(14-30)10-18-11-22(27)25(23(28)12-18)33-15-20-6-4-3-5-19(20)13-29/h3-12H,15H2,1-2H3,(H,31,32)/b21-10+. The Hall–Kier alpha value is -2.89. The second kappa shape index (κ2) is 11.3. The van der Waals surface area contributed by atoms with Crippen molar-refractivity contribution in [3.63, 3.8) is 0 Å². The molecule has 0 aliphatic carbocycles. The molecule has 0 aliphatic heterocycles. The van der Waals surface area contributed by atoms with E-state index in [1.807, 2.05) is 68.4 Å².